The van der Waals surface area contributed by atoms with E-state index < -0.39 is 22.9 Å². The van der Waals surface area contributed by atoms with Gasteiger partial charge < -0.3 is 9.47 Å². The minimum atomic E-state index is -0.882. The molecule has 0 spiro atoms. The molecule has 0 radical (unpaired) electrons. The lowest BCUT2D eigenvalue weighted by Gasteiger charge is -2.09. The Morgan fingerprint density at radius 3 is 2.70 bits per heavy atom. The molecular weight excluding hydrogens is 267 g/mol. The smallest absolute Gasteiger partial charge is 0.362 e. The van der Waals surface area contributed by atoms with E-state index in [-0.39, 0.29) is 5.69 Å². The van der Waals surface area contributed by atoms with Gasteiger partial charge in [-0.3, -0.25) is 4.79 Å². The van der Waals surface area contributed by atoms with Gasteiger partial charge in [0, 0.05) is 18.3 Å². The SMILES string of the molecule is COC(=O)c1nn(-c2cc(OC)ccc2F)ccc1=O. The molecule has 2 rings (SSSR count). The van der Waals surface area contributed by atoms with E-state index in [9.17, 15) is 14.0 Å². The maximum atomic E-state index is 13.8. The molecule has 0 bridgehead atoms. The van der Waals surface area contributed by atoms with Crippen LogP contribution in [-0.4, -0.2) is 30.0 Å². The lowest BCUT2D eigenvalue weighted by atomic mass is 10.3. The quantitative estimate of drug-likeness (QED) is 0.788. The summed E-state index contributed by atoms with van der Waals surface area (Å²) in [6.07, 6.45) is 1.26. The molecule has 0 aliphatic heterocycles. The summed E-state index contributed by atoms with van der Waals surface area (Å²) >= 11 is 0. The van der Waals surface area contributed by atoms with Crippen molar-refractivity contribution in [1.29, 1.82) is 0 Å². The van der Waals surface area contributed by atoms with Crippen LogP contribution in [0.5, 0.6) is 5.75 Å². The Balaban J connectivity index is 2.59. The highest BCUT2D eigenvalue weighted by atomic mass is 19.1. The number of carbonyl (C=O) groups excluding carboxylic acids is 1. The monoisotopic (exact) mass is 278 g/mol. The second-order valence-electron chi connectivity index (χ2n) is 3.78. The maximum absolute atomic E-state index is 13.8. The van der Waals surface area contributed by atoms with Gasteiger partial charge in [-0.05, 0) is 12.1 Å². The lowest BCUT2D eigenvalue weighted by molar-refractivity contribution is 0.0590. The van der Waals surface area contributed by atoms with Crippen molar-refractivity contribution >= 4 is 5.97 Å². The molecule has 6 nitrogen and oxygen atoms in total. The minimum absolute atomic E-state index is 0.0505. The third-order valence-corrected chi connectivity index (χ3v) is 2.59. The molecule has 2 aromatic rings. The lowest BCUT2D eigenvalue weighted by Crippen LogP contribution is -2.21. The Bertz CT molecular complexity index is 712. The Kier molecular flexibility index (Phi) is 3.79. The zero-order chi connectivity index (χ0) is 14.7. The number of aromatic nitrogens is 2. The molecule has 0 unspecified atom stereocenters. The Morgan fingerprint density at radius 2 is 2.05 bits per heavy atom. The molecule has 0 aliphatic rings. The first-order valence-electron chi connectivity index (χ1n) is 5.59. The molecule has 104 valence electrons. The van der Waals surface area contributed by atoms with Crippen LogP contribution in [0, 0.1) is 5.82 Å². The largest absolute Gasteiger partial charge is 0.497 e. The number of methoxy groups -OCH3 is 2. The normalized spacial score (nSPS) is 10.2. The van der Waals surface area contributed by atoms with Gasteiger partial charge in [0.1, 0.15) is 17.3 Å². The van der Waals surface area contributed by atoms with Gasteiger partial charge >= 0.3 is 5.97 Å². The Hall–Kier alpha value is -2.70. The minimum Gasteiger partial charge on any atom is -0.497 e. The number of esters is 1. The van der Waals surface area contributed by atoms with Gasteiger partial charge in [-0.15, -0.1) is 0 Å². The van der Waals surface area contributed by atoms with Crippen LogP contribution in [0.25, 0.3) is 5.69 Å². The number of halogens is 1. The highest BCUT2D eigenvalue weighted by Crippen LogP contribution is 2.19. The average Bonchev–Trinajstić information content (AvgIpc) is 2.47. The molecule has 0 amide bonds. The maximum Gasteiger partial charge on any atom is 0.362 e. The molecule has 1 aromatic carbocycles. The number of benzene rings is 1. The molecule has 0 atom stereocenters. The standard InChI is InChI=1S/C13H11FN2O4/c1-19-8-3-4-9(14)10(7-8)16-6-5-11(17)12(15-16)13(18)20-2/h3-7H,1-2H3. The second kappa shape index (κ2) is 5.52. The number of carbonyl (C=O) groups is 1. The number of ether oxygens (including phenoxy) is 2. The molecule has 0 fully saturated rings. The third kappa shape index (κ3) is 2.51. The molecule has 7 heteroatoms. The fourth-order valence-corrected chi connectivity index (χ4v) is 1.57. The van der Waals surface area contributed by atoms with E-state index in [0.29, 0.717) is 5.75 Å². The van der Waals surface area contributed by atoms with E-state index in [1.54, 1.807) is 0 Å². The number of nitrogens with zero attached hydrogens (tertiary/aromatic N) is 2. The summed E-state index contributed by atoms with van der Waals surface area (Å²) in [7, 11) is 2.57. The highest BCUT2D eigenvalue weighted by Gasteiger charge is 2.15. The molecule has 0 N–H and O–H groups in total. The van der Waals surface area contributed by atoms with Crippen LogP contribution in [0.1, 0.15) is 10.5 Å². The van der Waals surface area contributed by atoms with Crippen LogP contribution < -0.4 is 10.2 Å². The van der Waals surface area contributed by atoms with Gasteiger partial charge in [0.2, 0.25) is 11.1 Å². The van der Waals surface area contributed by atoms with Crippen molar-refractivity contribution in [2.24, 2.45) is 0 Å². The van der Waals surface area contributed by atoms with Gasteiger partial charge in [0.15, 0.2) is 0 Å². The topological polar surface area (TPSA) is 70.4 Å². The first-order chi connectivity index (χ1) is 9.56. The van der Waals surface area contributed by atoms with Gasteiger partial charge in [-0.25, -0.2) is 13.9 Å². The fraction of sp³-hybridized carbons (Fsp3) is 0.154. The number of hydrogen-bond acceptors (Lipinski definition) is 5. The predicted molar refractivity (Wildman–Crippen MR) is 67.7 cm³/mol. The summed E-state index contributed by atoms with van der Waals surface area (Å²) in [5.41, 5.74) is -0.969. The number of rotatable bonds is 3. The zero-order valence-electron chi connectivity index (χ0n) is 10.8. The first-order valence-corrected chi connectivity index (χ1v) is 5.59. The Morgan fingerprint density at radius 1 is 1.30 bits per heavy atom. The van der Waals surface area contributed by atoms with E-state index in [1.165, 1.54) is 31.5 Å². The molecular formula is C13H11FN2O4. The molecule has 1 aromatic heterocycles. The molecule has 0 aliphatic carbocycles. The molecule has 0 saturated carbocycles. The first kappa shape index (κ1) is 13.7. The van der Waals surface area contributed by atoms with Crippen molar-refractivity contribution in [3.8, 4) is 11.4 Å². The van der Waals surface area contributed by atoms with Crippen LogP contribution in [0.4, 0.5) is 4.39 Å². The van der Waals surface area contributed by atoms with Crippen LogP contribution in [-0.2, 0) is 4.74 Å². The van der Waals surface area contributed by atoms with Gasteiger partial charge in [0.05, 0.1) is 14.2 Å². The van der Waals surface area contributed by atoms with Crippen LogP contribution in [0.15, 0.2) is 35.3 Å². The Labute approximate surface area is 113 Å². The third-order valence-electron chi connectivity index (χ3n) is 2.59. The summed E-state index contributed by atoms with van der Waals surface area (Å²) in [5, 5.41) is 3.78. The van der Waals surface area contributed by atoms with Crippen molar-refractivity contribution in [2.75, 3.05) is 14.2 Å². The van der Waals surface area contributed by atoms with Crippen LogP contribution in [0.2, 0.25) is 0 Å². The average molecular weight is 278 g/mol. The van der Waals surface area contributed by atoms with E-state index in [2.05, 4.69) is 9.84 Å². The fourth-order valence-electron chi connectivity index (χ4n) is 1.57. The van der Waals surface area contributed by atoms with Gasteiger partial charge in [0.25, 0.3) is 0 Å². The summed E-state index contributed by atoms with van der Waals surface area (Å²) in [5.74, 6) is -1.04. The second-order valence-corrected chi connectivity index (χ2v) is 3.78. The number of hydrogen-bond donors (Lipinski definition) is 0. The molecule has 0 saturated heterocycles. The van der Waals surface area contributed by atoms with Crippen LogP contribution in [0.3, 0.4) is 0 Å². The van der Waals surface area contributed by atoms with Crippen molar-refractivity contribution in [3.05, 3.63) is 52.2 Å². The van der Waals surface area contributed by atoms with Crippen molar-refractivity contribution < 1.29 is 18.7 Å². The summed E-state index contributed by atoms with van der Waals surface area (Å²) in [4.78, 5) is 22.9. The van der Waals surface area contributed by atoms with E-state index >= 15 is 0 Å². The van der Waals surface area contributed by atoms with Gasteiger partial charge in [-0.1, -0.05) is 0 Å². The van der Waals surface area contributed by atoms with Crippen molar-refractivity contribution in [2.45, 2.75) is 0 Å². The zero-order valence-corrected chi connectivity index (χ0v) is 10.8. The predicted octanol–water partition coefficient (Wildman–Crippen LogP) is 1.17. The summed E-state index contributed by atoms with van der Waals surface area (Å²) in [6.45, 7) is 0. The molecule has 1 heterocycles. The summed E-state index contributed by atoms with van der Waals surface area (Å²) in [6, 6.07) is 5.15. The van der Waals surface area contributed by atoms with Crippen molar-refractivity contribution in [1.82, 2.24) is 9.78 Å². The van der Waals surface area contributed by atoms with Crippen molar-refractivity contribution in [3.63, 3.8) is 0 Å². The van der Waals surface area contributed by atoms with E-state index in [0.717, 1.165) is 17.9 Å². The van der Waals surface area contributed by atoms with E-state index in [4.69, 9.17) is 4.74 Å². The van der Waals surface area contributed by atoms with Gasteiger partial charge in [-0.2, -0.15) is 5.10 Å². The highest BCUT2D eigenvalue weighted by molar-refractivity contribution is 5.86. The molecule has 20 heavy (non-hydrogen) atoms. The van der Waals surface area contributed by atoms with Crippen LogP contribution >= 0.6 is 0 Å². The van der Waals surface area contributed by atoms with E-state index in [1.807, 2.05) is 0 Å². The summed E-state index contributed by atoms with van der Waals surface area (Å²) < 4.78 is 24.3.